The van der Waals surface area contributed by atoms with E-state index in [0.717, 1.165) is 5.52 Å². The number of carboxylic acids is 1. The zero-order valence-corrected chi connectivity index (χ0v) is 10.8. The maximum Gasteiger partial charge on any atom is 0.218 e. The minimum atomic E-state index is -1.33. The molecule has 0 aliphatic heterocycles. The van der Waals surface area contributed by atoms with Crippen molar-refractivity contribution in [1.29, 1.82) is 0 Å². The van der Waals surface area contributed by atoms with E-state index in [1.54, 1.807) is 24.3 Å². The predicted molar refractivity (Wildman–Crippen MR) is 74.9 cm³/mol. The van der Waals surface area contributed by atoms with Gasteiger partial charge in [-0.25, -0.2) is 0 Å². The summed E-state index contributed by atoms with van der Waals surface area (Å²) in [6, 6.07) is 13.3. The highest BCUT2D eigenvalue weighted by Gasteiger charge is 2.09. The van der Waals surface area contributed by atoms with Gasteiger partial charge in [0.25, 0.3) is 0 Å². The fourth-order valence-electron chi connectivity index (χ4n) is 2.05. The Morgan fingerprint density at radius 2 is 1.76 bits per heavy atom. The van der Waals surface area contributed by atoms with Crippen molar-refractivity contribution in [1.82, 2.24) is 4.98 Å². The molecule has 2 aromatic carbocycles. The zero-order chi connectivity index (χ0) is 14.8. The number of benzene rings is 2. The van der Waals surface area contributed by atoms with E-state index >= 15 is 0 Å². The van der Waals surface area contributed by atoms with Gasteiger partial charge < -0.3 is 20.0 Å². The van der Waals surface area contributed by atoms with Gasteiger partial charge in [0.1, 0.15) is 0 Å². The number of para-hydroxylation sites is 1. The summed E-state index contributed by atoms with van der Waals surface area (Å²) in [6.45, 7) is 0. The molecule has 0 atom stereocenters. The van der Waals surface area contributed by atoms with Crippen molar-refractivity contribution in [3.05, 3.63) is 54.1 Å². The summed E-state index contributed by atoms with van der Waals surface area (Å²) in [5.41, 5.74) is 1.10. The van der Waals surface area contributed by atoms with Crippen LogP contribution in [0.25, 0.3) is 10.9 Å². The summed E-state index contributed by atoms with van der Waals surface area (Å²) in [5, 5.41) is 29.4. The Bertz CT molecular complexity index is 852. The number of carbonyl (C=O) groups excluding carboxylic acids is 1. The molecule has 0 amide bonds. The predicted octanol–water partition coefficient (Wildman–Crippen LogP) is 2.65. The number of azo groups is 1. The fourth-order valence-corrected chi connectivity index (χ4v) is 2.05. The lowest BCUT2D eigenvalue weighted by molar-refractivity contribution is -0.254. The summed E-state index contributed by atoms with van der Waals surface area (Å²) in [7, 11) is 0. The number of hydrogen-bond acceptors (Lipinski definition) is 5. The molecular formula is C15H10N3O3-. The normalized spacial score (nSPS) is 11.2. The molecular weight excluding hydrogens is 270 g/mol. The van der Waals surface area contributed by atoms with Crippen LogP contribution >= 0.6 is 0 Å². The van der Waals surface area contributed by atoms with Crippen LogP contribution < -0.4 is 5.11 Å². The number of fused-ring (bicyclic) bond motifs is 1. The van der Waals surface area contributed by atoms with Gasteiger partial charge in [-0.3, -0.25) is 0 Å². The Hall–Kier alpha value is -3.15. The second kappa shape index (κ2) is 5.09. The summed E-state index contributed by atoms with van der Waals surface area (Å²) in [4.78, 5) is 13.8. The number of aromatic amines is 1. The first-order chi connectivity index (χ1) is 10.2. The number of rotatable bonds is 3. The van der Waals surface area contributed by atoms with Crippen molar-refractivity contribution in [2.75, 3.05) is 0 Å². The standard InChI is InChI=1S/C15H11N3O3/c19-14-13(9-5-1-3-7-11(9)16-14)18-17-12-8-4-2-6-10(12)15(20)21/h1-8,16,19H,(H,20,21)/p-1. The number of aromatic nitrogens is 1. The van der Waals surface area contributed by atoms with E-state index in [-0.39, 0.29) is 22.8 Å². The third-order valence-electron chi connectivity index (χ3n) is 3.04. The maximum atomic E-state index is 11.0. The maximum absolute atomic E-state index is 11.0. The van der Waals surface area contributed by atoms with Gasteiger partial charge in [-0.1, -0.05) is 36.4 Å². The molecule has 104 valence electrons. The highest BCUT2D eigenvalue weighted by atomic mass is 16.4. The second-order valence-corrected chi connectivity index (χ2v) is 4.37. The third kappa shape index (κ3) is 2.34. The number of nitrogens with one attached hydrogen (secondary N) is 1. The van der Waals surface area contributed by atoms with Gasteiger partial charge in [-0.15, -0.1) is 10.2 Å². The SMILES string of the molecule is O=C([O-])c1ccccc1N=Nc1c(O)[nH]c2ccccc12. The molecule has 0 bridgehead atoms. The Kier molecular flexibility index (Phi) is 3.12. The Labute approximate surface area is 119 Å². The van der Waals surface area contributed by atoms with Crippen molar-refractivity contribution in [2.45, 2.75) is 0 Å². The van der Waals surface area contributed by atoms with Gasteiger partial charge in [-0.05, 0) is 12.1 Å². The molecule has 3 rings (SSSR count). The Morgan fingerprint density at radius 3 is 2.57 bits per heavy atom. The fraction of sp³-hybridized carbons (Fsp3) is 0. The number of H-pyrrole nitrogens is 1. The first-order valence-electron chi connectivity index (χ1n) is 6.18. The second-order valence-electron chi connectivity index (χ2n) is 4.37. The quantitative estimate of drug-likeness (QED) is 0.721. The molecule has 0 unspecified atom stereocenters. The summed E-state index contributed by atoms with van der Waals surface area (Å²) >= 11 is 0. The molecule has 0 aliphatic rings. The number of nitrogens with zero attached hydrogens (tertiary/aromatic N) is 2. The molecule has 6 heteroatoms. The van der Waals surface area contributed by atoms with Crippen LogP contribution in [0.2, 0.25) is 0 Å². The van der Waals surface area contributed by atoms with Gasteiger partial charge >= 0.3 is 0 Å². The molecule has 0 saturated carbocycles. The molecule has 1 aromatic heterocycles. The summed E-state index contributed by atoms with van der Waals surface area (Å²) < 4.78 is 0. The first kappa shape index (κ1) is 12.9. The van der Waals surface area contributed by atoms with Gasteiger partial charge in [-0.2, -0.15) is 0 Å². The van der Waals surface area contributed by atoms with Gasteiger partial charge in [0.15, 0.2) is 5.69 Å². The molecule has 3 aromatic rings. The zero-order valence-electron chi connectivity index (χ0n) is 10.8. The van der Waals surface area contributed by atoms with Crippen LogP contribution in [0.3, 0.4) is 0 Å². The molecule has 0 fully saturated rings. The molecule has 6 nitrogen and oxygen atoms in total. The average Bonchev–Trinajstić information content (AvgIpc) is 2.81. The Balaban J connectivity index is 2.07. The number of hydrogen-bond donors (Lipinski definition) is 2. The van der Waals surface area contributed by atoms with Crippen LogP contribution in [0.5, 0.6) is 5.88 Å². The van der Waals surface area contributed by atoms with Crippen LogP contribution in [-0.2, 0) is 0 Å². The van der Waals surface area contributed by atoms with Crippen LogP contribution in [-0.4, -0.2) is 16.1 Å². The van der Waals surface area contributed by atoms with Gasteiger partial charge in [0.05, 0.1) is 17.2 Å². The van der Waals surface area contributed by atoms with Gasteiger partial charge in [0, 0.05) is 10.9 Å². The highest BCUT2D eigenvalue weighted by molar-refractivity contribution is 5.94. The largest absolute Gasteiger partial charge is 0.545 e. The van der Waals surface area contributed by atoms with E-state index in [9.17, 15) is 15.0 Å². The van der Waals surface area contributed by atoms with E-state index in [0.29, 0.717) is 5.39 Å². The molecule has 2 N–H and O–H groups in total. The lowest BCUT2D eigenvalue weighted by Crippen LogP contribution is -2.22. The van der Waals surface area contributed by atoms with Crippen molar-refractivity contribution in [3.63, 3.8) is 0 Å². The number of carbonyl (C=O) groups is 1. The minimum Gasteiger partial charge on any atom is -0.545 e. The summed E-state index contributed by atoms with van der Waals surface area (Å²) in [6.07, 6.45) is 0. The number of aromatic carboxylic acids is 1. The van der Waals surface area contributed by atoms with Crippen LogP contribution in [0, 0.1) is 0 Å². The lowest BCUT2D eigenvalue weighted by atomic mass is 10.2. The van der Waals surface area contributed by atoms with Crippen LogP contribution in [0.15, 0.2) is 58.8 Å². The lowest BCUT2D eigenvalue weighted by Gasteiger charge is -2.04. The van der Waals surface area contributed by atoms with E-state index in [2.05, 4.69) is 15.2 Å². The van der Waals surface area contributed by atoms with Crippen molar-refractivity contribution >= 4 is 28.2 Å². The van der Waals surface area contributed by atoms with E-state index in [1.165, 1.54) is 12.1 Å². The van der Waals surface area contributed by atoms with Crippen molar-refractivity contribution in [3.8, 4) is 5.88 Å². The molecule has 0 aliphatic carbocycles. The smallest absolute Gasteiger partial charge is 0.218 e. The molecule has 1 heterocycles. The first-order valence-corrected chi connectivity index (χ1v) is 6.18. The van der Waals surface area contributed by atoms with Crippen molar-refractivity contribution < 1.29 is 15.0 Å². The van der Waals surface area contributed by atoms with Crippen LogP contribution in [0.4, 0.5) is 11.4 Å². The van der Waals surface area contributed by atoms with E-state index in [1.807, 2.05) is 12.1 Å². The van der Waals surface area contributed by atoms with Crippen molar-refractivity contribution in [2.24, 2.45) is 10.2 Å². The van der Waals surface area contributed by atoms with E-state index in [4.69, 9.17) is 0 Å². The number of carboxylic acid groups (broad SMARTS) is 1. The minimum absolute atomic E-state index is 0.0550. The molecule has 0 spiro atoms. The number of aromatic hydroxyl groups is 1. The topological polar surface area (TPSA) is 101 Å². The monoisotopic (exact) mass is 280 g/mol. The Morgan fingerprint density at radius 1 is 1.05 bits per heavy atom. The van der Waals surface area contributed by atoms with Crippen LogP contribution in [0.1, 0.15) is 10.4 Å². The van der Waals surface area contributed by atoms with Gasteiger partial charge in [0.2, 0.25) is 5.88 Å². The summed E-state index contributed by atoms with van der Waals surface area (Å²) in [5.74, 6) is -1.45. The highest BCUT2D eigenvalue weighted by Crippen LogP contribution is 2.36. The third-order valence-corrected chi connectivity index (χ3v) is 3.04. The molecule has 0 saturated heterocycles. The van der Waals surface area contributed by atoms with E-state index < -0.39 is 5.97 Å². The average molecular weight is 280 g/mol. The molecule has 0 radical (unpaired) electrons. The molecule has 21 heavy (non-hydrogen) atoms.